The van der Waals surface area contributed by atoms with Gasteiger partial charge in [-0.05, 0) is 34.7 Å². The van der Waals surface area contributed by atoms with Gasteiger partial charge in [0, 0.05) is 0 Å². The van der Waals surface area contributed by atoms with Gasteiger partial charge in [0.1, 0.15) is 0 Å². The molecule has 0 aromatic heterocycles. The summed E-state index contributed by atoms with van der Waals surface area (Å²) in [5, 5.41) is 0.372. The molecule has 0 aromatic rings. The third-order valence-corrected chi connectivity index (χ3v) is 6.68. The topological polar surface area (TPSA) is 0 Å². The zero-order valence-corrected chi connectivity index (χ0v) is 12.6. The quantitative estimate of drug-likeness (QED) is 0.561. The van der Waals surface area contributed by atoms with E-state index >= 15 is 0 Å². The van der Waals surface area contributed by atoms with Gasteiger partial charge in [0.05, 0.1) is 0 Å². The second-order valence-corrected chi connectivity index (χ2v) is 8.26. The van der Waals surface area contributed by atoms with Crippen LogP contribution in [0.1, 0.15) is 67.2 Å². The Labute approximate surface area is 98.8 Å². The van der Waals surface area contributed by atoms with Gasteiger partial charge in [0.15, 0.2) is 0 Å². The molecule has 15 heavy (non-hydrogen) atoms. The lowest BCUT2D eigenvalue weighted by Gasteiger charge is -2.55. The summed E-state index contributed by atoms with van der Waals surface area (Å²) >= 11 is 0. The van der Waals surface area contributed by atoms with Gasteiger partial charge in [-0.25, -0.2) is 0 Å². The van der Waals surface area contributed by atoms with Crippen molar-refractivity contribution >= 4 is 9.24 Å². The molecule has 1 unspecified atom stereocenters. The number of rotatable bonds is 1. The number of hydrogen-bond acceptors (Lipinski definition) is 0. The van der Waals surface area contributed by atoms with E-state index < -0.39 is 0 Å². The van der Waals surface area contributed by atoms with Crippen LogP contribution in [0.15, 0.2) is 0 Å². The Kier molecular flexibility index (Phi) is 3.62. The van der Waals surface area contributed by atoms with E-state index in [0.717, 1.165) is 5.92 Å². The summed E-state index contributed by atoms with van der Waals surface area (Å²) in [5.74, 6) is 0.891. The van der Waals surface area contributed by atoms with Crippen molar-refractivity contribution in [2.24, 2.45) is 16.7 Å². The maximum absolute atomic E-state index is 3.25. The van der Waals surface area contributed by atoms with E-state index in [1.54, 1.807) is 0 Å². The van der Waals surface area contributed by atoms with Crippen molar-refractivity contribution < 1.29 is 0 Å². The minimum Gasteiger partial charge on any atom is -0.130 e. The lowest BCUT2D eigenvalue weighted by atomic mass is 9.59. The predicted molar refractivity (Wildman–Crippen MR) is 73.3 cm³/mol. The summed E-state index contributed by atoms with van der Waals surface area (Å²) in [4.78, 5) is 0. The zero-order chi connectivity index (χ0) is 11.9. The van der Waals surface area contributed by atoms with Crippen LogP contribution >= 0.6 is 9.24 Å². The molecule has 0 nitrogen and oxygen atoms in total. The van der Waals surface area contributed by atoms with Crippen LogP contribution in [0.25, 0.3) is 0 Å². The van der Waals surface area contributed by atoms with Gasteiger partial charge in [0.25, 0.3) is 0 Å². The summed E-state index contributed by atoms with van der Waals surface area (Å²) in [5.41, 5.74) is 0.732. The zero-order valence-electron chi connectivity index (χ0n) is 11.5. The maximum atomic E-state index is 3.25. The molecule has 1 atom stereocenters. The average Bonchev–Trinajstić information content (AvgIpc) is 2.49. The van der Waals surface area contributed by atoms with E-state index in [2.05, 4.69) is 50.8 Å². The maximum Gasteiger partial charge on any atom is -0.00255 e. The molecule has 0 bridgehead atoms. The Balaban J connectivity index is 3.06. The van der Waals surface area contributed by atoms with Crippen molar-refractivity contribution in [1.82, 2.24) is 0 Å². The van der Waals surface area contributed by atoms with Gasteiger partial charge in [-0.2, -0.15) is 0 Å². The molecule has 0 spiro atoms. The van der Waals surface area contributed by atoms with Crippen LogP contribution in [-0.4, -0.2) is 5.16 Å². The molecule has 0 radical (unpaired) electrons. The van der Waals surface area contributed by atoms with Crippen molar-refractivity contribution in [2.75, 3.05) is 0 Å². The summed E-state index contributed by atoms with van der Waals surface area (Å²) in [6.45, 7) is 14.4. The Bertz CT molecular complexity index is 196. The summed E-state index contributed by atoms with van der Waals surface area (Å²) in [6.07, 6.45) is 5.73. The average molecular weight is 228 g/mol. The second kappa shape index (κ2) is 4.02. The Morgan fingerprint density at radius 3 is 1.40 bits per heavy atom. The molecule has 0 aromatic carbocycles. The molecular weight excluding hydrogens is 199 g/mol. The van der Waals surface area contributed by atoms with Crippen molar-refractivity contribution in [3.8, 4) is 0 Å². The fourth-order valence-electron chi connectivity index (χ4n) is 3.73. The minimum absolute atomic E-state index is 0.366. The predicted octanol–water partition coefficient (Wildman–Crippen LogP) is 4.88. The van der Waals surface area contributed by atoms with Crippen LogP contribution in [0.3, 0.4) is 0 Å². The SMILES string of the molecule is CC(C)(C)C(P)(C1CCCC1)C(C)(C)C. The largest absolute Gasteiger partial charge is 0.130 e. The lowest BCUT2D eigenvalue weighted by Crippen LogP contribution is -2.52. The van der Waals surface area contributed by atoms with Crippen LogP contribution in [-0.2, 0) is 0 Å². The van der Waals surface area contributed by atoms with Crippen LogP contribution in [0.4, 0.5) is 0 Å². The first-order valence-corrected chi connectivity index (χ1v) is 6.97. The highest BCUT2D eigenvalue weighted by Crippen LogP contribution is 2.58. The van der Waals surface area contributed by atoms with Crippen LogP contribution in [0.5, 0.6) is 0 Å². The highest BCUT2D eigenvalue weighted by Gasteiger charge is 2.52. The van der Waals surface area contributed by atoms with Crippen LogP contribution in [0.2, 0.25) is 0 Å². The van der Waals surface area contributed by atoms with Gasteiger partial charge in [-0.3, -0.25) is 0 Å². The van der Waals surface area contributed by atoms with E-state index in [1.165, 1.54) is 25.7 Å². The van der Waals surface area contributed by atoms with Crippen LogP contribution in [0, 0.1) is 16.7 Å². The third kappa shape index (κ3) is 2.26. The summed E-state index contributed by atoms with van der Waals surface area (Å²) in [6, 6.07) is 0. The second-order valence-electron chi connectivity index (χ2n) is 7.35. The molecule has 0 amide bonds. The van der Waals surface area contributed by atoms with Gasteiger partial charge < -0.3 is 0 Å². The van der Waals surface area contributed by atoms with E-state index in [1.807, 2.05) is 0 Å². The Morgan fingerprint density at radius 2 is 1.13 bits per heavy atom. The Hall–Kier alpha value is 0.430. The van der Waals surface area contributed by atoms with Gasteiger partial charge in [-0.15, -0.1) is 9.24 Å². The highest BCUT2D eigenvalue weighted by molar-refractivity contribution is 7.19. The van der Waals surface area contributed by atoms with Crippen LogP contribution < -0.4 is 0 Å². The van der Waals surface area contributed by atoms with E-state index in [4.69, 9.17) is 0 Å². The normalized spacial score (nSPS) is 21.0. The van der Waals surface area contributed by atoms with Gasteiger partial charge >= 0.3 is 0 Å². The van der Waals surface area contributed by atoms with Gasteiger partial charge in [0.2, 0.25) is 0 Å². The fraction of sp³-hybridized carbons (Fsp3) is 1.00. The Morgan fingerprint density at radius 1 is 0.800 bits per heavy atom. The molecule has 1 rings (SSSR count). The van der Waals surface area contributed by atoms with E-state index in [9.17, 15) is 0 Å². The molecule has 90 valence electrons. The van der Waals surface area contributed by atoms with Crippen molar-refractivity contribution in [3.05, 3.63) is 0 Å². The molecule has 1 saturated carbocycles. The lowest BCUT2D eigenvalue weighted by molar-refractivity contribution is 0.0826. The summed E-state index contributed by atoms with van der Waals surface area (Å²) in [7, 11) is 3.25. The van der Waals surface area contributed by atoms with Crippen molar-refractivity contribution in [1.29, 1.82) is 0 Å². The molecule has 0 N–H and O–H groups in total. The molecular formula is C14H29P. The molecule has 0 saturated heterocycles. The fourth-order valence-corrected chi connectivity index (χ4v) is 4.06. The smallest absolute Gasteiger partial charge is 0.00255 e. The first-order valence-electron chi connectivity index (χ1n) is 6.39. The minimum atomic E-state index is 0.366. The molecule has 1 fully saturated rings. The van der Waals surface area contributed by atoms with Crippen molar-refractivity contribution in [3.63, 3.8) is 0 Å². The third-order valence-electron chi connectivity index (χ3n) is 4.48. The molecule has 0 heterocycles. The van der Waals surface area contributed by atoms with E-state index in [0.29, 0.717) is 16.0 Å². The molecule has 1 aliphatic rings. The molecule has 1 heteroatoms. The van der Waals surface area contributed by atoms with Crippen molar-refractivity contribution in [2.45, 2.75) is 72.4 Å². The standard InChI is InChI=1S/C14H29P/c1-12(2,3)14(15,13(4,5)6)11-9-7-8-10-11/h11H,7-10,15H2,1-6H3. The monoisotopic (exact) mass is 228 g/mol. The molecule has 0 aliphatic heterocycles. The first-order chi connectivity index (χ1) is 6.61. The highest BCUT2D eigenvalue weighted by atomic mass is 31.0. The summed E-state index contributed by atoms with van der Waals surface area (Å²) < 4.78 is 0. The van der Waals surface area contributed by atoms with E-state index in [-0.39, 0.29) is 0 Å². The van der Waals surface area contributed by atoms with Gasteiger partial charge in [-0.1, -0.05) is 54.4 Å². The first kappa shape index (κ1) is 13.5. The molecule has 1 aliphatic carbocycles. The number of hydrogen-bond donors (Lipinski definition) is 0.